The van der Waals surface area contributed by atoms with Crippen LogP contribution >= 0.6 is 0 Å². The minimum absolute atomic E-state index is 0. The summed E-state index contributed by atoms with van der Waals surface area (Å²) in [4.78, 5) is -0.528. The van der Waals surface area contributed by atoms with Crippen molar-refractivity contribution in [1.82, 2.24) is 0 Å². The number of hydrogen-bond donors (Lipinski definition) is 3. The Bertz CT molecular complexity index is 1100. The molecule has 0 heterocycles. The van der Waals surface area contributed by atoms with Crippen molar-refractivity contribution in [3.05, 3.63) is 48.5 Å². The minimum Gasteiger partial charge on any atom is -0.872 e. The molecule has 0 saturated carbocycles. The third-order valence-corrected chi connectivity index (χ3v) is 4.34. The van der Waals surface area contributed by atoms with Crippen LogP contribution in [0.3, 0.4) is 0 Å². The van der Waals surface area contributed by atoms with E-state index in [2.05, 4.69) is 10.2 Å². The number of azo groups is 1. The average molecular weight is 382 g/mol. The molecule has 0 aliphatic heterocycles. The van der Waals surface area contributed by atoms with Crippen LogP contribution in [0.25, 0.3) is 10.8 Å². The molecule has 0 radical (unpaired) electrons. The number of benzene rings is 3. The van der Waals surface area contributed by atoms with Gasteiger partial charge in [0.15, 0.2) is 5.75 Å². The van der Waals surface area contributed by atoms with E-state index in [1.165, 1.54) is 42.5 Å². The second-order valence-corrected chi connectivity index (χ2v) is 6.50. The number of phenols is 2. The topological polar surface area (TPSA) is 143 Å². The van der Waals surface area contributed by atoms with E-state index < -0.39 is 20.8 Å². The Morgan fingerprint density at radius 2 is 1.62 bits per heavy atom. The predicted octanol–water partition coefficient (Wildman–Crippen LogP) is -0.00930. The number of aromatic hydroxyl groups is 2. The Hall–Kier alpha value is -2.17. The SMILES string of the molecule is O=S(=O)(O)c1cc(N=Nc2ccc([O-])cc2)c(O)c2c(O)cccc12.[Na+]. The Morgan fingerprint density at radius 1 is 0.962 bits per heavy atom. The normalized spacial score (nSPS) is 11.6. The number of phenolic OH excluding ortho intramolecular Hbond substituents is 2. The summed E-state index contributed by atoms with van der Waals surface area (Å²) < 4.78 is 32.6. The molecule has 0 saturated heterocycles. The number of nitrogens with zero attached hydrogens (tertiary/aromatic N) is 2. The van der Waals surface area contributed by atoms with E-state index in [4.69, 9.17) is 0 Å². The van der Waals surface area contributed by atoms with Gasteiger partial charge in [0.05, 0.1) is 11.1 Å². The molecule has 0 bridgehead atoms. The fraction of sp³-hybridized carbons (Fsp3) is 0. The molecule has 3 aromatic rings. The maximum absolute atomic E-state index is 11.6. The molecule has 26 heavy (non-hydrogen) atoms. The van der Waals surface area contributed by atoms with Crippen molar-refractivity contribution in [1.29, 1.82) is 0 Å². The summed E-state index contributed by atoms with van der Waals surface area (Å²) in [6, 6.07) is 10.2. The van der Waals surface area contributed by atoms with Crippen LogP contribution < -0.4 is 34.7 Å². The first-order valence-electron chi connectivity index (χ1n) is 6.91. The number of fused-ring (bicyclic) bond motifs is 1. The zero-order chi connectivity index (χ0) is 18.2. The smallest absolute Gasteiger partial charge is 0.872 e. The molecule has 0 aromatic heterocycles. The molecule has 0 spiro atoms. The van der Waals surface area contributed by atoms with E-state index in [9.17, 15) is 28.3 Å². The van der Waals surface area contributed by atoms with Crippen molar-refractivity contribution in [2.45, 2.75) is 4.90 Å². The molecule has 0 fully saturated rings. The van der Waals surface area contributed by atoms with Crippen molar-refractivity contribution >= 4 is 32.3 Å². The van der Waals surface area contributed by atoms with E-state index >= 15 is 0 Å². The van der Waals surface area contributed by atoms with E-state index in [0.717, 1.165) is 6.07 Å². The fourth-order valence-corrected chi connectivity index (χ4v) is 3.02. The van der Waals surface area contributed by atoms with Crippen LogP contribution in [0.15, 0.2) is 63.7 Å². The first kappa shape index (κ1) is 20.1. The number of hydrogen-bond acceptors (Lipinski definition) is 7. The molecule has 3 N–H and O–H groups in total. The van der Waals surface area contributed by atoms with Gasteiger partial charge in [-0.3, -0.25) is 4.55 Å². The zero-order valence-corrected chi connectivity index (χ0v) is 16.3. The van der Waals surface area contributed by atoms with Gasteiger partial charge in [-0.05, 0) is 24.3 Å². The summed E-state index contributed by atoms with van der Waals surface area (Å²) in [5, 5.41) is 38.6. The van der Waals surface area contributed by atoms with Gasteiger partial charge in [0, 0.05) is 5.39 Å². The van der Waals surface area contributed by atoms with Crippen LogP contribution in [0, 0.1) is 0 Å². The van der Waals surface area contributed by atoms with Gasteiger partial charge >= 0.3 is 29.6 Å². The van der Waals surface area contributed by atoms with Crippen molar-refractivity contribution < 1.29 is 57.8 Å². The van der Waals surface area contributed by atoms with Gasteiger partial charge in [0.2, 0.25) is 0 Å². The van der Waals surface area contributed by atoms with E-state index in [1.54, 1.807) is 0 Å². The molecule has 3 rings (SSSR count). The Morgan fingerprint density at radius 3 is 2.23 bits per heavy atom. The fourth-order valence-electron chi connectivity index (χ4n) is 2.31. The van der Waals surface area contributed by atoms with Gasteiger partial charge < -0.3 is 15.3 Å². The van der Waals surface area contributed by atoms with Crippen LogP contribution in [-0.2, 0) is 10.1 Å². The summed E-state index contributed by atoms with van der Waals surface area (Å²) in [6.07, 6.45) is 0. The third-order valence-electron chi connectivity index (χ3n) is 3.44. The van der Waals surface area contributed by atoms with Gasteiger partial charge in [-0.2, -0.15) is 13.5 Å². The van der Waals surface area contributed by atoms with Crippen molar-refractivity contribution in [2.75, 3.05) is 0 Å². The van der Waals surface area contributed by atoms with E-state index in [1.807, 2.05) is 0 Å². The molecule has 0 atom stereocenters. The standard InChI is InChI=1S/C16H12N2O6S.Na/c19-10-6-4-9(5-7-10)17-18-12-8-14(25(22,23)24)11-2-1-3-13(20)15(11)16(12)21;/h1-8,19-21H,(H,22,23,24);/q;+1/p-1. The van der Waals surface area contributed by atoms with Gasteiger partial charge in [0.1, 0.15) is 16.3 Å². The molecule has 3 aromatic carbocycles. The van der Waals surface area contributed by atoms with Crippen LogP contribution in [0.4, 0.5) is 11.4 Å². The van der Waals surface area contributed by atoms with Gasteiger partial charge in [0.25, 0.3) is 10.1 Å². The second-order valence-electron chi connectivity index (χ2n) is 5.11. The Balaban J connectivity index is 0.00000243. The van der Waals surface area contributed by atoms with Crippen LogP contribution in [0.1, 0.15) is 0 Å². The monoisotopic (exact) mass is 382 g/mol. The number of rotatable bonds is 3. The molecular weight excluding hydrogens is 371 g/mol. The molecule has 128 valence electrons. The van der Waals surface area contributed by atoms with Crippen LogP contribution in [-0.4, -0.2) is 23.2 Å². The third kappa shape index (κ3) is 3.97. The molecule has 8 nitrogen and oxygen atoms in total. The summed E-state index contributed by atoms with van der Waals surface area (Å²) in [7, 11) is -4.64. The summed E-state index contributed by atoms with van der Waals surface area (Å²) in [6.45, 7) is 0. The van der Waals surface area contributed by atoms with Crippen molar-refractivity contribution in [3.63, 3.8) is 0 Å². The summed E-state index contributed by atoms with van der Waals surface area (Å²) in [5.41, 5.74) is 0.0256. The first-order valence-corrected chi connectivity index (χ1v) is 8.35. The molecule has 0 aliphatic rings. The maximum atomic E-state index is 11.6. The first-order chi connectivity index (χ1) is 11.8. The minimum atomic E-state index is -4.64. The summed E-state index contributed by atoms with van der Waals surface area (Å²) in [5.74, 6) is -1.09. The van der Waals surface area contributed by atoms with Gasteiger partial charge in [-0.1, -0.05) is 24.3 Å². The quantitative estimate of drug-likeness (QED) is 0.330. The van der Waals surface area contributed by atoms with Crippen molar-refractivity contribution in [2.24, 2.45) is 10.2 Å². The van der Waals surface area contributed by atoms with Crippen molar-refractivity contribution in [3.8, 4) is 17.2 Å². The van der Waals surface area contributed by atoms with Crippen LogP contribution in [0.2, 0.25) is 0 Å². The average Bonchev–Trinajstić information content (AvgIpc) is 2.54. The molecule has 10 heteroatoms. The molecule has 0 amide bonds. The zero-order valence-electron chi connectivity index (χ0n) is 13.5. The van der Waals surface area contributed by atoms with Gasteiger partial charge in [-0.25, -0.2) is 0 Å². The van der Waals surface area contributed by atoms with E-state index in [0.29, 0.717) is 5.69 Å². The molecule has 0 aliphatic carbocycles. The largest absolute Gasteiger partial charge is 1.00 e. The van der Waals surface area contributed by atoms with Crippen LogP contribution in [0.5, 0.6) is 17.2 Å². The van der Waals surface area contributed by atoms with E-state index in [-0.39, 0.29) is 57.5 Å². The Kier molecular flexibility index (Phi) is 5.89. The second kappa shape index (κ2) is 7.60. The van der Waals surface area contributed by atoms with Gasteiger partial charge in [-0.15, -0.1) is 10.9 Å². The summed E-state index contributed by atoms with van der Waals surface area (Å²) >= 11 is 0. The maximum Gasteiger partial charge on any atom is 1.00 e. The molecule has 0 unspecified atom stereocenters. The predicted molar refractivity (Wildman–Crippen MR) is 87.2 cm³/mol. The Labute approximate surface area is 170 Å². The molecular formula is C16H11N2NaO6S.